The first-order chi connectivity index (χ1) is 10.6. The summed E-state index contributed by atoms with van der Waals surface area (Å²) in [6, 6.07) is 22.7. The van der Waals surface area contributed by atoms with E-state index in [-0.39, 0.29) is 5.82 Å². The van der Waals surface area contributed by atoms with Crippen LogP contribution in [-0.2, 0) is 0 Å². The Balaban J connectivity index is 2.15. The number of halogens is 3. The number of benzene rings is 3. The Morgan fingerprint density at radius 3 is 1.59 bits per heavy atom. The molecule has 0 heterocycles. The van der Waals surface area contributed by atoms with Crippen molar-refractivity contribution >= 4 is 54.8 Å². The molecule has 4 heteroatoms. The molecule has 0 amide bonds. The van der Waals surface area contributed by atoms with Crippen LogP contribution in [0.2, 0.25) is 10.0 Å². The molecule has 0 saturated heterocycles. The second-order valence-electron chi connectivity index (χ2n) is 4.77. The van der Waals surface area contributed by atoms with Crippen LogP contribution in [0.25, 0.3) is 0 Å². The maximum absolute atomic E-state index is 13.3. The van der Waals surface area contributed by atoms with E-state index >= 15 is 0 Å². The normalized spacial score (nSPS) is 10.9. The molecule has 0 radical (unpaired) electrons. The van der Waals surface area contributed by atoms with Gasteiger partial charge >= 0.3 is 148 Å². The van der Waals surface area contributed by atoms with Gasteiger partial charge in [-0.2, -0.15) is 0 Å². The fourth-order valence-corrected chi connectivity index (χ4v) is 12.4. The minimum atomic E-state index is -2.50. The van der Waals surface area contributed by atoms with Gasteiger partial charge in [-0.3, -0.25) is 0 Å². The van der Waals surface area contributed by atoms with E-state index in [1.54, 1.807) is 0 Å². The molecule has 3 aromatic carbocycles. The molecule has 0 fully saturated rings. The molecule has 0 nitrogen and oxygen atoms in total. The van der Waals surface area contributed by atoms with Gasteiger partial charge < -0.3 is 0 Å². The van der Waals surface area contributed by atoms with Crippen molar-refractivity contribution in [2.75, 3.05) is 0 Å². The van der Waals surface area contributed by atoms with Gasteiger partial charge in [0.15, 0.2) is 0 Å². The first-order valence-corrected chi connectivity index (χ1v) is 12.7. The van der Waals surface area contributed by atoms with E-state index < -0.39 is 21.8 Å². The Morgan fingerprint density at radius 1 is 0.636 bits per heavy atom. The monoisotopic (exact) mass is 526 g/mol. The van der Waals surface area contributed by atoms with Gasteiger partial charge in [0.25, 0.3) is 0 Å². The molecule has 0 unspecified atom stereocenters. The third kappa shape index (κ3) is 3.68. The van der Waals surface area contributed by atoms with Gasteiger partial charge in [-0.25, -0.2) is 0 Å². The molecule has 0 spiro atoms. The fraction of sp³-hybridized carbons (Fsp3) is 0. The van der Waals surface area contributed by atoms with Gasteiger partial charge in [0.2, 0.25) is 0 Å². The Bertz CT molecular complexity index is 742. The zero-order valence-corrected chi connectivity index (χ0v) is 16.5. The topological polar surface area (TPSA) is 0 Å². The Kier molecular flexibility index (Phi) is 5.13. The summed E-state index contributed by atoms with van der Waals surface area (Å²) in [4.78, 5) is 0. The predicted octanol–water partition coefficient (Wildman–Crippen LogP) is 3.65. The summed E-state index contributed by atoms with van der Waals surface area (Å²) >= 11 is 9.83. The van der Waals surface area contributed by atoms with Crippen molar-refractivity contribution in [3.63, 3.8) is 0 Å². The SMILES string of the molecule is Fc1cc[c]([Bi]([c]2cccc(Cl)c2)[c]2cccc(Cl)c2)cc1. The van der Waals surface area contributed by atoms with Crippen molar-refractivity contribution < 1.29 is 4.39 Å². The summed E-state index contributed by atoms with van der Waals surface area (Å²) in [5.74, 6) is -0.218. The quantitative estimate of drug-likeness (QED) is 0.457. The zero-order chi connectivity index (χ0) is 15.5. The van der Waals surface area contributed by atoms with E-state index in [1.807, 2.05) is 48.5 Å². The van der Waals surface area contributed by atoms with Crippen LogP contribution in [0.1, 0.15) is 0 Å². The van der Waals surface area contributed by atoms with E-state index in [2.05, 4.69) is 12.1 Å². The standard InChI is InChI=1S/2C6H4Cl.C6H4F.Bi/c3*7-6-4-2-1-3-5-6;/h2*1-2,4-5H;2-5H;. The summed E-state index contributed by atoms with van der Waals surface area (Å²) in [5.41, 5.74) is 0. The first-order valence-electron chi connectivity index (χ1n) is 6.70. The molecule has 3 aromatic rings. The predicted molar refractivity (Wildman–Crippen MR) is 94.0 cm³/mol. The third-order valence-corrected chi connectivity index (χ3v) is 13.0. The number of hydrogen-bond donors (Lipinski definition) is 0. The van der Waals surface area contributed by atoms with Crippen molar-refractivity contribution in [3.05, 3.63) is 88.7 Å². The second kappa shape index (κ2) is 7.09. The van der Waals surface area contributed by atoms with Crippen molar-refractivity contribution in [3.8, 4) is 0 Å². The molecule has 110 valence electrons. The summed E-state index contributed by atoms with van der Waals surface area (Å²) in [6.07, 6.45) is 0. The van der Waals surface area contributed by atoms with Crippen molar-refractivity contribution in [1.82, 2.24) is 0 Å². The molecule has 0 aliphatic heterocycles. The van der Waals surface area contributed by atoms with E-state index in [1.165, 1.54) is 21.9 Å². The fourth-order valence-electron chi connectivity index (χ4n) is 2.27. The van der Waals surface area contributed by atoms with Gasteiger partial charge in [0.05, 0.1) is 0 Å². The molecule has 0 aliphatic carbocycles. The van der Waals surface area contributed by atoms with E-state index in [0.717, 1.165) is 10.0 Å². The number of rotatable bonds is 3. The third-order valence-electron chi connectivity index (χ3n) is 3.22. The van der Waals surface area contributed by atoms with Crippen LogP contribution in [0.4, 0.5) is 4.39 Å². The summed E-state index contributed by atoms with van der Waals surface area (Å²) in [5, 5.41) is 1.45. The minimum absolute atomic E-state index is 0.218. The Hall–Kier alpha value is -0.947. The number of hydrogen-bond acceptors (Lipinski definition) is 0. The van der Waals surface area contributed by atoms with Crippen LogP contribution in [0.5, 0.6) is 0 Å². The average molecular weight is 527 g/mol. The molecule has 0 N–H and O–H groups in total. The molecule has 0 aliphatic rings. The summed E-state index contributed by atoms with van der Waals surface area (Å²) in [7, 11) is 0. The van der Waals surface area contributed by atoms with Crippen LogP contribution in [0.15, 0.2) is 72.8 Å². The van der Waals surface area contributed by atoms with E-state index in [0.29, 0.717) is 0 Å². The summed E-state index contributed by atoms with van der Waals surface area (Å²) < 4.78 is 17.0. The second-order valence-corrected chi connectivity index (χ2v) is 14.3. The first kappa shape index (κ1) is 15.9. The summed E-state index contributed by atoms with van der Waals surface area (Å²) in [6.45, 7) is 0. The average Bonchev–Trinajstić information content (AvgIpc) is 2.50. The maximum atomic E-state index is 13.3. The molecule has 22 heavy (non-hydrogen) atoms. The molecular formula is C18H12BiCl2F. The van der Waals surface area contributed by atoms with Gasteiger partial charge in [0.1, 0.15) is 0 Å². The van der Waals surface area contributed by atoms with Crippen LogP contribution >= 0.6 is 23.2 Å². The molecule has 0 saturated carbocycles. The van der Waals surface area contributed by atoms with Gasteiger partial charge in [-0.15, -0.1) is 0 Å². The van der Waals surface area contributed by atoms with Crippen molar-refractivity contribution in [1.29, 1.82) is 0 Å². The Labute approximate surface area is 147 Å². The van der Waals surface area contributed by atoms with Crippen LogP contribution in [0, 0.1) is 5.82 Å². The van der Waals surface area contributed by atoms with Gasteiger partial charge in [0, 0.05) is 0 Å². The van der Waals surface area contributed by atoms with Crippen LogP contribution in [-0.4, -0.2) is 21.8 Å². The Morgan fingerprint density at radius 2 is 1.14 bits per heavy atom. The zero-order valence-electron chi connectivity index (χ0n) is 11.5. The van der Waals surface area contributed by atoms with Crippen molar-refractivity contribution in [2.45, 2.75) is 0 Å². The van der Waals surface area contributed by atoms with Gasteiger partial charge in [-0.05, 0) is 0 Å². The molecule has 3 rings (SSSR count). The molecular weight excluding hydrogens is 515 g/mol. The van der Waals surface area contributed by atoms with E-state index in [4.69, 9.17) is 23.2 Å². The molecule has 0 aromatic heterocycles. The molecule has 0 bridgehead atoms. The van der Waals surface area contributed by atoms with Crippen molar-refractivity contribution in [2.24, 2.45) is 0 Å². The van der Waals surface area contributed by atoms with E-state index in [9.17, 15) is 4.39 Å². The van der Waals surface area contributed by atoms with Crippen LogP contribution < -0.4 is 9.81 Å². The van der Waals surface area contributed by atoms with Crippen LogP contribution in [0.3, 0.4) is 0 Å². The molecule has 0 atom stereocenters. The van der Waals surface area contributed by atoms with Gasteiger partial charge in [-0.1, -0.05) is 0 Å².